The summed E-state index contributed by atoms with van der Waals surface area (Å²) in [6.45, 7) is 2.27. The molecule has 1 heterocycles. The molecular weight excluding hydrogens is 222 g/mol. The first-order valence-corrected chi connectivity index (χ1v) is 6.08. The highest BCUT2D eigenvalue weighted by Gasteiger charge is 2.21. The fourth-order valence-electron chi connectivity index (χ4n) is 1.85. The molecule has 1 saturated heterocycles. The van der Waals surface area contributed by atoms with Crippen molar-refractivity contribution in [1.29, 1.82) is 0 Å². The van der Waals surface area contributed by atoms with Crippen molar-refractivity contribution < 1.29 is 14.7 Å². The van der Waals surface area contributed by atoms with Crippen LogP contribution >= 0.6 is 0 Å². The van der Waals surface area contributed by atoms with Crippen LogP contribution in [-0.2, 0) is 9.59 Å². The molecule has 1 amide bonds. The van der Waals surface area contributed by atoms with Gasteiger partial charge in [-0.15, -0.1) is 0 Å². The van der Waals surface area contributed by atoms with Crippen molar-refractivity contribution in [2.45, 2.75) is 31.7 Å². The van der Waals surface area contributed by atoms with Crippen LogP contribution in [0.3, 0.4) is 0 Å². The van der Waals surface area contributed by atoms with Gasteiger partial charge in [0.2, 0.25) is 5.91 Å². The lowest BCUT2D eigenvalue weighted by Crippen LogP contribution is -2.33. The number of carboxylic acid groups (broad SMARTS) is 1. The molecule has 0 aromatic rings. The molecule has 1 fully saturated rings. The third kappa shape index (κ3) is 5.14. The van der Waals surface area contributed by atoms with Crippen LogP contribution in [0.15, 0.2) is 0 Å². The second kappa shape index (κ2) is 7.24. The van der Waals surface area contributed by atoms with E-state index in [1.165, 1.54) is 0 Å². The number of nitrogens with two attached hydrogens (primary N) is 1. The van der Waals surface area contributed by atoms with E-state index in [0.29, 0.717) is 13.0 Å². The number of carbonyl (C=O) groups excluding carboxylic acids is 1. The van der Waals surface area contributed by atoms with E-state index in [1.54, 1.807) is 0 Å². The first-order chi connectivity index (χ1) is 8.11. The average Bonchev–Trinajstić information content (AvgIpc) is 2.81. The van der Waals surface area contributed by atoms with Crippen LogP contribution < -0.4 is 16.4 Å². The lowest BCUT2D eigenvalue weighted by atomic mass is 10.1. The van der Waals surface area contributed by atoms with E-state index < -0.39 is 12.0 Å². The summed E-state index contributed by atoms with van der Waals surface area (Å²) in [7, 11) is 0. The molecule has 0 unspecified atom stereocenters. The van der Waals surface area contributed by atoms with Crippen LogP contribution in [0.25, 0.3) is 0 Å². The Labute approximate surface area is 101 Å². The topological polar surface area (TPSA) is 104 Å². The molecule has 0 saturated carbocycles. The lowest BCUT2D eigenvalue weighted by Gasteiger charge is -2.10. The van der Waals surface area contributed by atoms with Gasteiger partial charge in [0.15, 0.2) is 0 Å². The highest BCUT2D eigenvalue weighted by molar-refractivity contribution is 5.79. The maximum Gasteiger partial charge on any atom is 0.320 e. The van der Waals surface area contributed by atoms with Gasteiger partial charge in [-0.3, -0.25) is 9.59 Å². The van der Waals surface area contributed by atoms with Gasteiger partial charge in [0.05, 0.1) is 5.92 Å². The molecule has 0 bridgehead atoms. The lowest BCUT2D eigenvalue weighted by molar-refractivity contribution is -0.138. The highest BCUT2D eigenvalue weighted by atomic mass is 16.4. The number of rotatable bonds is 7. The van der Waals surface area contributed by atoms with Crippen LogP contribution in [0, 0.1) is 5.92 Å². The summed E-state index contributed by atoms with van der Waals surface area (Å²) in [5, 5.41) is 14.6. The zero-order valence-corrected chi connectivity index (χ0v) is 9.95. The number of aliphatic carboxylic acids is 1. The predicted molar refractivity (Wildman–Crippen MR) is 63.4 cm³/mol. The Kier molecular flexibility index (Phi) is 5.93. The van der Waals surface area contributed by atoms with Gasteiger partial charge in [-0.05, 0) is 32.2 Å². The first-order valence-electron chi connectivity index (χ1n) is 6.08. The SMILES string of the molecule is N[C@@H](CCCCNC(=O)[C@H]1CCNC1)C(=O)O. The van der Waals surface area contributed by atoms with Crippen molar-refractivity contribution >= 4 is 11.9 Å². The summed E-state index contributed by atoms with van der Waals surface area (Å²) < 4.78 is 0. The van der Waals surface area contributed by atoms with E-state index in [2.05, 4.69) is 10.6 Å². The van der Waals surface area contributed by atoms with E-state index in [4.69, 9.17) is 10.8 Å². The van der Waals surface area contributed by atoms with E-state index in [-0.39, 0.29) is 11.8 Å². The zero-order chi connectivity index (χ0) is 12.7. The van der Waals surface area contributed by atoms with Crippen molar-refractivity contribution in [3.8, 4) is 0 Å². The molecule has 6 heteroatoms. The first kappa shape index (κ1) is 13.9. The summed E-state index contributed by atoms with van der Waals surface area (Å²) >= 11 is 0. The minimum Gasteiger partial charge on any atom is -0.480 e. The monoisotopic (exact) mass is 243 g/mol. The van der Waals surface area contributed by atoms with Crippen molar-refractivity contribution in [2.75, 3.05) is 19.6 Å². The summed E-state index contributed by atoms with van der Waals surface area (Å²) in [5.41, 5.74) is 5.36. The van der Waals surface area contributed by atoms with Gasteiger partial charge in [0.1, 0.15) is 6.04 Å². The van der Waals surface area contributed by atoms with Gasteiger partial charge in [0, 0.05) is 13.1 Å². The van der Waals surface area contributed by atoms with Gasteiger partial charge < -0.3 is 21.5 Å². The minimum absolute atomic E-state index is 0.0938. The van der Waals surface area contributed by atoms with E-state index >= 15 is 0 Å². The Morgan fingerprint density at radius 2 is 2.24 bits per heavy atom. The Morgan fingerprint density at radius 3 is 2.82 bits per heavy atom. The van der Waals surface area contributed by atoms with Gasteiger partial charge >= 0.3 is 5.97 Å². The predicted octanol–water partition coefficient (Wildman–Crippen LogP) is -0.706. The molecule has 1 aliphatic heterocycles. The Morgan fingerprint density at radius 1 is 1.47 bits per heavy atom. The van der Waals surface area contributed by atoms with Crippen molar-refractivity contribution in [3.63, 3.8) is 0 Å². The van der Waals surface area contributed by atoms with Gasteiger partial charge in [0.25, 0.3) is 0 Å². The number of carboxylic acids is 1. The molecule has 98 valence electrons. The Bertz CT molecular complexity index is 265. The van der Waals surface area contributed by atoms with Crippen LogP contribution in [0.1, 0.15) is 25.7 Å². The third-order valence-corrected chi connectivity index (χ3v) is 2.99. The standard InChI is InChI=1S/C11H21N3O3/c12-9(11(16)17)3-1-2-5-14-10(15)8-4-6-13-7-8/h8-9,13H,1-7,12H2,(H,14,15)(H,16,17)/t8-,9-/m0/s1. The van der Waals surface area contributed by atoms with Crippen LogP contribution in [0.5, 0.6) is 0 Å². The van der Waals surface area contributed by atoms with E-state index in [1.807, 2.05) is 0 Å². The number of nitrogens with one attached hydrogen (secondary N) is 2. The minimum atomic E-state index is -0.967. The number of carbonyl (C=O) groups is 2. The Balaban J connectivity index is 2.00. The van der Waals surface area contributed by atoms with Crippen molar-refractivity contribution in [3.05, 3.63) is 0 Å². The average molecular weight is 243 g/mol. The number of hydrogen-bond donors (Lipinski definition) is 4. The van der Waals surface area contributed by atoms with Gasteiger partial charge in [-0.25, -0.2) is 0 Å². The van der Waals surface area contributed by atoms with Crippen LogP contribution in [0.2, 0.25) is 0 Å². The molecule has 2 atom stereocenters. The third-order valence-electron chi connectivity index (χ3n) is 2.99. The van der Waals surface area contributed by atoms with Crippen LogP contribution in [0.4, 0.5) is 0 Å². The van der Waals surface area contributed by atoms with E-state index in [9.17, 15) is 9.59 Å². The highest BCUT2D eigenvalue weighted by Crippen LogP contribution is 2.07. The molecule has 17 heavy (non-hydrogen) atoms. The fourth-order valence-corrected chi connectivity index (χ4v) is 1.85. The normalized spacial score (nSPS) is 21.1. The molecule has 6 nitrogen and oxygen atoms in total. The number of amides is 1. The molecule has 0 aromatic carbocycles. The molecular formula is C11H21N3O3. The fraction of sp³-hybridized carbons (Fsp3) is 0.818. The largest absolute Gasteiger partial charge is 0.480 e. The second-order valence-corrected chi connectivity index (χ2v) is 4.42. The molecule has 1 rings (SSSR count). The molecule has 0 spiro atoms. The van der Waals surface area contributed by atoms with Crippen LogP contribution in [-0.4, -0.2) is 42.7 Å². The smallest absolute Gasteiger partial charge is 0.320 e. The second-order valence-electron chi connectivity index (χ2n) is 4.42. The maximum absolute atomic E-state index is 11.6. The summed E-state index contributed by atoms with van der Waals surface area (Å²) in [4.78, 5) is 22.0. The number of unbranched alkanes of at least 4 members (excludes halogenated alkanes) is 1. The van der Waals surface area contributed by atoms with E-state index in [0.717, 1.165) is 32.4 Å². The molecule has 0 radical (unpaired) electrons. The summed E-state index contributed by atoms with van der Waals surface area (Å²) in [5.74, 6) is -0.778. The number of hydrogen-bond acceptors (Lipinski definition) is 4. The quantitative estimate of drug-likeness (QED) is 0.442. The van der Waals surface area contributed by atoms with Crippen molar-refractivity contribution in [1.82, 2.24) is 10.6 Å². The molecule has 0 aromatic heterocycles. The zero-order valence-electron chi connectivity index (χ0n) is 9.95. The summed E-state index contributed by atoms with van der Waals surface area (Å²) in [6.07, 6.45) is 2.84. The molecule has 5 N–H and O–H groups in total. The van der Waals surface area contributed by atoms with Crippen molar-refractivity contribution in [2.24, 2.45) is 11.7 Å². The van der Waals surface area contributed by atoms with Gasteiger partial charge in [-0.2, -0.15) is 0 Å². The summed E-state index contributed by atoms with van der Waals surface area (Å²) in [6, 6.07) is -0.787. The Hall–Kier alpha value is -1.14. The van der Waals surface area contributed by atoms with Gasteiger partial charge in [-0.1, -0.05) is 0 Å². The molecule has 1 aliphatic rings. The molecule has 0 aliphatic carbocycles. The maximum atomic E-state index is 11.6.